The summed E-state index contributed by atoms with van der Waals surface area (Å²) in [4.78, 5) is 22.8. The SMILES string of the molecule is Nc1nc2c(-c3cnc4c(N5CCNCC5)nc(OCC56CCCN5C[C@H](F)C6)nc4c3)ccc(F)c2o1. The number of rotatable bonds is 5. The minimum atomic E-state index is -0.835. The molecule has 38 heavy (non-hydrogen) atoms. The van der Waals surface area contributed by atoms with E-state index in [9.17, 15) is 8.78 Å². The number of nitrogens with one attached hydrogen (secondary N) is 1. The smallest absolute Gasteiger partial charge is 0.319 e. The molecule has 1 unspecified atom stereocenters. The van der Waals surface area contributed by atoms with E-state index >= 15 is 0 Å². The van der Waals surface area contributed by atoms with E-state index in [1.807, 2.05) is 6.07 Å². The summed E-state index contributed by atoms with van der Waals surface area (Å²) in [7, 11) is 0. The number of ether oxygens (including phenoxy) is 1. The van der Waals surface area contributed by atoms with Gasteiger partial charge in [-0.2, -0.15) is 15.0 Å². The van der Waals surface area contributed by atoms with Gasteiger partial charge < -0.3 is 25.1 Å². The average molecular weight is 523 g/mol. The lowest BCUT2D eigenvalue weighted by molar-refractivity contribution is 0.107. The van der Waals surface area contributed by atoms with Crippen LogP contribution in [-0.4, -0.2) is 82.4 Å². The lowest BCUT2D eigenvalue weighted by Crippen LogP contribution is -2.44. The lowest BCUT2D eigenvalue weighted by Gasteiger charge is -2.31. The van der Waals surface area contributed by atoms with Crippen LogP contribution in [-0.2, 0) is 0 Å². The summed E-state index contributed by atoms with van der Waals surface area (Å²) in [5.74, 6) is 0.159. The van der Waals surface area contributed by atoms with Crippen molar-refractivity contribution in [2.75, 3.05) is 56.5 Å². The average Bonchev–Trinajstić information content (AvgIpc) is 3.59. The number of hydrogen-bond donors (Lipinski definition) is 2. The van der Waals surface area contributed by atoms with Crippen LogP contribution in [0.3, 0.4) is 0 Å². The maximum Gasteiger partial charge on any atom is 0.319 e. The van der Waals surface area contributed by atoms with Crippen LogP contribution in [0.4, 0.5) is 20.6 Å². The van der Waals surface area contributed by atoms with E-state index < -0.39 is 12.0 Å². The molecule has 0 amide bonds. The highest BCUT2D eigenvalue weighted by atomic mass is 19.1. The molecule has 6 heterocycles. The first kappa shape index (κ1) is 23.5. The number of oxazole rings is 1. The van der Waals surface area contributed by atoms with E-state index in [1.165, 1.54) is 6.07 Å². The van der Waals surface area contributed by atoms with Crippen LogP contribution in [0.15, 0.2) is 28.8 Å². The Labute approximate surface area is 217 Å². The summed E-state index contributed by atoms with van der Waals surface area (Å²) in [6, 6.07) is 4.94. The van der Waals surface area contributed by atoms with E-state index in [-0.39, 0.29) is 23.1 Å². The van der Waals surface area contributed by atoms with E-state index in [4.69, 9.17) is 29.8 Å². The van der Waals surface area contributed by atoms with Crippen molar-refractivity contribution in [2.24, 2.45) is 0 Å². The highest BCUT2D eigenvalue weighted by Crippen LogP contribution is 2.40. The van der Waals surface area contributed by atoms with Gasteiger partial charge in [0.1, 0.15) is 23.8 Å². The van der Waals surface area contributed by atoms with Crippen molar-refractivity contribution >= 4 is 34.0 Å². The quantitative estimate of drug-likeness (QED) is 0.405. The molecule has 3 N–H and O–H groups in total. The predicted molar refractivity (Wildman–Crippen MR) is 138 cm³/mol. The number of aromatic nitrogens is 4. The second kappa shape index (κ2) is 8.98. The van der Waals surface area contributed by atoms with Crippen LogP contribution in [0.25, 0.3) is 33.3 Å². The number of nitrogen functional groups attached to an aromatic ring is 1. The molecule has 0 aliphatic carbocycles. The Morgan fingerprint density at radius 1 is 1.16 bits per heavy atom. The molecule has 0 radical (unpaired) electrons. The molecule has 7 rings (SSSR count). The number of piperazine rings is 1. The Balaban J connectivity index is 1.30. The van der Waals surface area contributed by atoms with Gasteiger partial charge in [-0.25, -0.2) is 8.78 Å². The number of nitrogens with two attached hydrogens (primary N) is 1. The van der Waals surface area contributed by atoms with Crippen molar-refractivity contribution in [3.05, 3.63) is 30.2 Å². The minimum Gasteiger partial charge on any atom is -0.461 e. The fourth-order valence-electron chi connectivity index (χ4n) is 6.16. The van der Waals surface area contributed by atoms with E-state index in [1.54, 1.807) is 12.3 Å². The van der Waals surface area contributed by atoms with E-state index in [2.05, 4.69) is 20.1 Å². The molecular formula is C26H28F2N8O2. The first-order valence-corrected chi connectivity index (χ1v) is 13.0. The zero-order valence-electron chi connectivity index (χ0n) is 20.8. The topological polar surface area (TPSA) is 118 Å². The largest absolute Gasteiger partial charge is 0.461 e. The van der Waals surface area contributed by atoms with Crippen LogP contribution in [0, 0.1) is 5.82 Å². The molecule has 3 aliphatic rings. The van der Waals surface area contributed by atoms with Gasteiger partial charge in [0.2, 0.25) is 0 Å². The normalized spacial score (nSPS) is 23.9. The molecule has 2 atom stereocenters. The summed E-state index contributed by atoms with van der Waals surface area (Å²) in [6.07, 6.45) is 3.27. The fraction of sp³-hybridized carbons (Fsp3) is 0.462. The summed E-state index contributed by atoms with van der Waals surface area (Å²) in [5.41, 5.74) is 8.27. The first-order chi connectivity index (χ1) is 18.5. The van der Waals surface area contributed by atoms with Gasteiger partial charge in [-0.15, -0.1) is 0 Å². The third kappa shape index (κ3) is 3.90. The molecule has 12 heteroatoms. The monoisotopic (exact) mass is 522 g/mol. The second-order valence-corrected chi connectivity index (χ2v) is 10.3. The highest BCUT2D eigenvalue weighted by Gasteiger charge is 2.49. The van der Waals surface area contributed by atoms with Gasteiger partial charge in [-0.1, -0.05) is 0 Å². The van der Waals surface area contributed by atoms with Crippen LogP contribution in [0.1, 0.15) is 19.3 Å². The Morgan fingerprint density at radius 3 is 2.89 bits per heavy atom. The molecule has 10 nitrogen and oxygen atoms in total. The molecule has 3 saturated heterocycles. The van der Waals surface area contributed by atoms with Crippen LogP contribution >= 0.6 is 0 Å². The maximum atomic E-state index is 14.3. The molecule has 3 aliphatic heterocycles. The number of nitrogens with zero attached hydrogens (tertiary/aromatic N) is 6. The molecule has 1 aromatic carbocycles. The van der Waals surface area contributed by atoms with Gasteiger partial charge in [0.25, 0.3) is 6.01 Å². The van der Waals surface area contributed by atoms with Gasteiger partial charge in [-0.3, -0.25) is 9.88 Å². The number of hydrogen-bond acceptors (Lipinski definition) is 10. The number of halogens is 2. The number of pyridine rings is 1. The lowest BCUT2D eigenvalue weighted by atomic mass is 9.95. The van der Waals surface area contributed by atoms with Crippen LogP contribution in [0.2, 0.25) is 0 Å². The van der Waals surface area contributed by atoms with Crippen LogP contribution < -0.4 is 20.7 Å². The maximum absolute atomic E-state index is 14.3. The first-order valence-electron chi connectivity index (χ1n) is 13.0. The van der Waals surface area contributed by atoms with Crippen LogP contribution in [0.5, 0.6) is 6.01 Å². The number of alkyl halides is 1. The molecule has 3 fully saturated rings. The third-order valence-electron chi connectivity index (χ3n) is 7.97. The Hall–Kier alpha value is -3.64. The zero-order valence-corrected chi connectivity index (χ0v) is 20.8. The van der Waals surface area contributed by atoms with Gasteiger partial charge in [0, 0.05) is 56.5 Å². The van der Waals surface area contributed by atoms with E-state index in [0.717, 1.165) is 45.6 Å². The fourth-order valence-corrected chi connectivity index (χ4v) is 6.16. The van der Waals surface area contributed by atoms with Gasteiger partial charge >= 0.3 is 6.01 Å². The molecule has 198 valence electrons. The molecule has 0 bridgehead atoms. The van der Waals surface area contributed by atoms with Crippen molar-refractivity contribution in [3.8, 4) is 17.1 Å². The standard InChI is InChI=1S/C26H28F2N8O2/c27-16-11-26(4-1-7-36(26)13-16)14-37-25-32-19-10-15(17-2-3-18(28)22-20(17)33-24(29)38-22)12-31-21(19)23(34-25)35-8-5-30-6-9-35/h2-3,10,12,16,30H,1,4-9,11,13-14H2,(H2,29,33)/t16-,26?/m1/s1. The van der Waals surface area contributed by atoms with Gasteiger partial charge in [-0.05, 0) is 37.6 Å². The summed E-state index contributed by atoms with van der Waals surface area (Å²) < 4.78 is 40.1. The minimum absolute atomic E-state index is 0.00332. The highest BCUT2D eigenvalue weighted by molar-refractivity contribution is 5.95. The Kier molecular flexibility index (Phi) is 5.55. The predicted octanol–water partition coefficient (Wildman–Crippen LogP) is 2.92. The molecular weight excluding hydrogens is 494 g/mol. The number of anilines is 2. The Morgan fingerprint density at radius 2 is 2.03 bits per heavy atom. The summed E-state index contributed by atoms with van der Waals surface area (Å²) >= 11 is 0. The van der Waals surface area contributed by atoms with Crippen molar-refractivity contribution in [3.63, 3.8) is 0 Å². The second-order valence-electron chi connectivity index (χ2n) is 10.3. The Bertz CT molecular complexity index is 1520. The van der Waals surface area contributed by atoms with Crippen molar-refractivity contribution in [2.45, 2.75) is 31.0 Å². The number of benzene rings is 1. The third-order valence-corrected chi connectivity index (χ3v) is 7.97. The van der Waals surface area contributed by atoms with Gasteiger partial charge in [0.15, 0.2) is 17.2 Å². The summed E-state index contributed by atoms with van der Waals surface area (Å²) in [5, 5.41) is 3.36. The van der Waals surface area contributed by atoms with Gasteiger partial charge in [0.05, 0.1) is 11.1 Å². The summed E-state index contributed by atoms with van der Waals surface area (Å²) in [6.45, 7) is 4.89. The molecule has 0 saturated carbocycles. The molecule has 4 aromatic rings. The number of fused-ring (bicyclic) bond motifs is 3. The van der Waals surface area contributed by atoms with E-state index in [0.29, 0.717) is 53.1 Å². The molecule has 3 aromatic heterocycles. The van der Waals surface area contributed by atoms with Crippen molar-refractivity contribution in [1.29, 1.82) is 0 Å². The van der Waals surface area contributed by atoms with Crippen molar-refractivity contribution in [1.82, 2.24) is 30.2 Å². The zero-order chi connectivity index (χ0) is 25.9. The van der Waals surface area contributed by atoms with Crippen molar-refractivity contribution < 1.29 is 17.9 Å². The molecule has 0 spiro atoms.